The monoisotopic (exact) mass is 445 g/mol. The molecule has 1 amide bonds. The molecule has 0 bridgehead atoms. The van der Waals surface area contributed by atoms with Crippen LogP contribution >= 0.6 is 0 Å². The average Bonchev–Trinajstić information content (AvgIpc) is 3.23. The fourth-order valence-corrected chi connectivity index (χ4v) is 3.73. The van der Waals surface area contributed by atoms with Gasteiger partial charge in [-0.3, -0.25) is 9.69 Å². The zero-order chi connectivity index (χ0) is 22.7. The van der Waals surface area contributed by atoms with Crippen molar-refractivity contribution in [2.45, 2.75) is 19.4 Å². The minimum absolute atomic E-state index is 0.0877. The van der Waals surface area contributed by atoms with E-state index in [9.17, 15) is 13.6 Å². The van der Waals surface area contributed by atoms with Gasteiger partial charge in [0.2, 0.25) is 0 Å². The van der Waals surface area contributed by atoms with E-state index in [1.165, 1.54) is 12.3 Å². The second-order valence-corrected chi connectivity index (χ2v) is 7.68. The number of morpholine rings is 1. The highest BCUT2D eigenvalue weighted by Gasteiger charge is 2.23. The van der Waals surface area contributed by atoms with E-state index in [1.807, 2.05) is 6.92 Å². The second-order valence-electron chi connectivity index (χ2n) is 7.68. The molecule has 2 aromatic heterocycles. The number of aromatic nitrogens is 3. The Kier molecular flexibility index (Phi) is 6.61. The smallest absolute Gasteiger partial charge is 0.280 e. The van der Waals surface area contributed by atoms with Gasteiger partial charge in [-0.25, -0.2) is 18.3 Å². The minimum atomic E-state index is -2.78. The number of hydrogen-bond acceptors (Lipinski definition) is 6. The zero-order valence-corrected chi connectivity index (χ0v) is 17.9. The van der Waals surface area contributed by atoms with Gasteiger partial charge in [0.05, 0.1) is 32.2 Å². The number of rotatable bonds is 7. The van der Waals surface area contributed by atoms with Crippen LogP contribution in [0.4, 0.5) is 8.78 Å². The molecule has 10 heteroatoms. The Morgan fingerprint density at radius 2 is 1.97 bits per heavy atom. The van der Waals surface area contributed by atoms with Crippen molar-refractivity contribution in [2.75, 3.05) is 40.0 Å². The quantitative estimate of drug-likeness (QED) is 0.603. The number of amides is 1. The molecule has 0 saturated carbocycles. The molecule has 1 aromatic carbocycles. The zero-order valence-electron chi connectivity index (χ0n) is 17.9. The average molecular weight is 445 g/mol. The summed E-state index contributed by atoms with van der Waals surface area (Å²) in [5.41, 5.74) is 0.858. The largest absolute Gasteiger partial charge is 0.497 e. The van der Waals surface area contributed by atoms with Crippen molar-refractivity contribution < 1.29 is 23.0 Å². The van der Waals surface area contributed by atoms with Gasteiger partial charge in [0, 0.05) is 31.2 Å². The minimum Gasteiger partial charge on any atom is -0.497 e. The molecule has 0 radical (unpaired) electrons. The van der Waals surface area contributed by atoms with Crippen LogP contribution in [0.3, 0.4) is 0 Å². The van der Waals surface area contributed by atoms with Crippen LogP contribution in [0.2, 0.25) is 0 Å². The molecular weight excluding hydrogens is 420 g/mol. The number of halogens is 2. The summed E-state index contributed by atoms with van der Waals surface area (Å²) in [6, 6.07) is 8.05. The Morgan fingerprint density at radius 1 is 1.25 bits per heavy atom. The van der Waals surface area contributed by atoms with E-state index in [4.69, 9.17) is 9.47 Å². The van der Waals surface area contributed by atoms with E-state index < -0.39 is 12.3 Å². The fraction of sp³-hybridized carbons (Fsp3) is 0.409. The van der Waals surface area contributed by atoms with Crippen LogP contribution in [0.5, 0.6) is 5.75 Å². The molecular formula is C22H25F2N5O3. The highest BCUT2D eigenvalue weighted by atomic mass is 19.3. The molecule has 1 fully saturated rings. The molecule has 0 unspecified atom stereocenters. The molecule has 1 N–H and O–H groups in total. The molecule has 1 saturated heterocycles. The van der Waals surface area contributed by atoms with E-state index in [0.29, 0.717) is 36.8 Å². The van der Waals surface area contributed by atoms with E-state index in [0.717, 1.165) is 17.6 Å². The summed E-state index contributed by atoms with van der Waals surface area (Å²) in [6.45, 7) is 5.52. The lowest BCUT2D eigenvalue weighted by molar-refractivity contribution is 0.0342. The van der Waals surface area contributed by atoms with Crippen molar-refractivity contribution in [3.63, 3.8) is 0 Å². The molecule has 1 aliphatic heterocycles. The molecule has 1 atom stereocenters. The Bertz CT molecular complexity index is 1080. The van der Waals surface area contributed by atoms with Crippen LogP contribution in [0.25, 0.3) is 16.9 Å². The molecule has 4 rings (SSSR count). The van der Waals surface area contributed by atoms with Crippen LogP contribution in [-0.2, 0) is 4.74 Å². The number of benzene rings is 1. The lowest BCUT2D eigenvalue weighted by atomic mass is 10.1. The molecule has 3 heterocycles. The van der Waals surface area contributed by atoms with Gasteiger partial charge in [-0.2, -0.15) is 5.10 Å². The molecule has 32 heavy (non-hydrogen) atoms. The number of fused-ring (bicyclic) bond motifs is 1. The van der Waals surface area contributed by atoms with Crippen LogP contribution in [-0.4, -0.2) is 71.4 Å². The lowest BCUT2D eigenvalue weighted by Gasteiger charge is -2.29. The summed E-state index contributed by atoms with van der Waals surface area (Å²) in [5.74, 6) is 0.239. The first-order valence-corrected chi connectivity index (χ1v) is 10.4. The third-order valence-corrected chi connectivity index (χ3v) is 5.37. The number of alkyl halides is 2. The van der Waals surface area contributed by atoms with Gasteiger partial charge in [0.15, 0.2) is 5.65 Å². The van der Waals surface area contributed by atoms with Gasteiger partial charge >= 0.3 is 0 Å². The molecule has 0 spiro atoms. The van der Waals surface area contributed by atoms with Gasteiger partial charge in [-0.05, 0) is 37.3 Å². The highest BCUT2D eigenvalue weighted by Crippen LogP contribution is 2.27. The number of carbonyl (C=O) groups is 1. The summed E-state index contributed by atoms with van der Waals surface area (Å²) >= 11 is 0. The molecule has 1 aliphatic rings. The summed E-state index contributed by atoms with van der Waals surface area (Å²) in [5, 5.41) is 6.94. The Hall–Kier alpha value is -3.11. The van der Waals surface area contributed by atoms with Gasteiger partial charge < -0.3 is 14.8 Å². The van der Waals surface area contributed by atoms with Crippen LogP contribution in [0, 0.1) is 0 Å². The van der Waals surface area contributed by atoms with E-state index in [2.05, 4.69) is 20.3 Å². The number of ether oxygens (including phenoxy) is 2. The van der Waals surface area contributed by atoms with Crippen LogP contribution in [0.1, 0.15) is 29.4 Å². The molecule has 0 aliphatic carbocycles. The van der Waals surface area contributed by atoms with Crippen molar-refractivity contribution in [3.8, 4) is 17.0 Å². The number of nitrogens with zero attached hydrogens (tertiary/aromatic N) is 4. The van der Waals surface area contributed by atoms with Crippen molar-refractivity contribution in [1.29, 1.82) is 0 Å². The summed E-state index contributed by atoms with van der Waals surface area (Å²) in [4.78, 5) is 19.6. The van der Waals surface area contributed by atoms with Crippen molar-refractivity contribution in [3.05, 3.63) is 47.8 Å². The van der Waals surface area contributed by atoms with E-state index in [-0.39, 0.29) is 22.9 Å². The molecule has 8 nitrogen and oxygen atoms in total. The van der Waals surface area contributed by atoms with Crippen molar-refractivity contribution in [1.82, 2.24) is 24.8 Å². The fourth-order valence-electron chi connectivity index (χ4n) is 3.73. The first-order valence-electron chi connectivity index (χ1n) is 10.4. The third-order valence-electron chi connectivity index (χ3n) is 5.37. The summed E-state index contributed by atoms with van der Waals surface area (Å²) in [7, 11) is 1.55. The van der Waals surface area contributed by atoms with Gasteiger partial charge in [0.25, 0.3) is 12.3 Å². The van der Waals surface area contributed by atoms with E-state index in [1.54, 1.807) is 31.4 Å². The SMILES string of the molecule is COc1ccc(-c2cc(C(F)F)n3ncc(C(=O)N[C@H](C)CN4CCOCC4)c3n2)cc1. The number of nitrogens with one attached hydrogen (secondary N) is 1. The maximum Gasteiger partial charge on any atom is 0.280 e. The third kappa shape index (κ3) is 4.71. The number of hydrogen-bond donors (Lipinski definition) is 1. The van der Waals surface area contributed by atoms with Crippen molar-refractivity contribution >= 4 is 11.6 Å². The highest BCUT2D eigenvalue weighted by molar-refractivity contribution is 6.00. The lowest BCUT2D eigenvalue weighted by Crippen LogP contribution is -2.46. The topological polar surface area (TPSA) is 81.0 Å². The summed E-state index contributed by atoms with van der Waals surface area (Å²) in [6.07, 6.45) is -1.50. The Labute approximate surface area is 184 Å². The van der Waals surface area contributed by atoms with Crippen LogP contribution < -0.4 is 10.1 Å². The maximum atomic E-state index is 13.8. The summed E-state index contributed by atoms with van der Waals surface area (Å²) < 4.78 is 39.1. The van der Waals surface area contributed by atoms with Crippen LogP contribution in [0.15, 0.2) is 36.5 Å². The predicted molar refractivity (Wildman–Crippen MR) is 114 cm³/mol. The Morgan fingerprint density at radius 3 is 2.62 bits per heavy atom. The number of carbonyl (C=O) groups excluding carboxylic acids is 1. The Balaban J connectivity index is 1.62. The first kappa shape index (κ1) is 22.1. The molecule has 3 aromatic rings. The van der Waals surface area contributed by atoms with Crippen molar-refractivity contribution in [2.24, 2.45) is 0 Å². The predicted octanol–water partition coefficient (Wildman–Crippen LogP) is 2.79. The van der Waals surface area contributed by atoms with E-state index >= 15 is 0 Å². The second kappa shape index (κ2) is 9.58. The standard InChI is InChI=1S/C22H25F2N5O3/c1-14(13-28-7-9-32-10-8-28)26-22(30)17-12-25-29-19(20(23)24)11-18(27-21(17)29)15-3-5-16(31-2)6-4-15/h3-6,11-12,14,20H,7-10,13H2,1-2H3,(H,26,30)/t14-/m1/s1. The normalized spacial score (nSPS) is 15.8. The number of methoxy groups -OCH3 is 1. The van der Waals surface area contributed by atoms with Gasteiger partial charge in [-0.1, -0.05) is 0 Å². The van der Waals surface area contributed by atoms with Gasteiger partial charge in [-0.15, -0.1) is 0 Å². The maximum absolute atomic E-state index is 13.8. The first-order chi connectivity index (χ1) is 15.5. The molecule has 170 valence electrons. The van der Waals surface area contributed by atoms with Gasteiger partial charge in [0.1, 0.15) is 17.0 Å².